The first-order valence-corrected chi connectivity index (χ1v) is 6.67. The van der Waals surface area contributed by atoms with Gasteiger partial charge in [0.1, 0.15) is 5.76 Å². The van der Waals surface area contributed by atoms with Gasteiger partial charge in [-0.15, -0.1) is 0 Å². The second kappa shape index (κ2) is 7.48. The van der Waals surface area contributed by atoms with Crippen LogP contribution in [0.5, 0.6) is 0 Å². The standard InChI is InChI=1S/C11H9N3O5S.Na/c15-11(8-3-5-12-6-4-8)14-13-7-9-1-2-10(19-9)20(16,17)18;/h1-7H,(H,14,15)(H,16,17,18);/q;+1/p-1/b13-7+;. The molecule has 0 aromatic carbocycles. The molecule has 0 aliphatic carbocycles. The molecule has 1 N–H and O–H groups in total. The summed E-state index contributed by atoms with van der Waals surface area (Å²) in [7, 11) is -4.64. The van der Waals surface area contributed by atoms with Crippen LogP contribution in [0.3, 0.4) is 0 Å². The average molecular weight is 317 g/mol. The Morgan fingerprint density at radius 1 is 1.29 bits per heavy atom. The number of hydrogen-bond donors (Lipinski definition) is 1. The molecule has 0 atom stereocenters. The summed E-state index contributed by atoms with van der Waals surface area (Å²) in [6, 6.07) is 5.25. The Hall–Kier alpha value is -1.52. The Bertz CT molecular complexity index is 742. The molecule has 10 heteroatoms. The predicted molar refractivity (Wildman–Crippen MR) is 66.0 cm³/mol. The van der Waals surface area contributed by atoms with Gasteiger partial charge in [0.25, 0.3) is 5.91 Å². The number of hydrazone groups is 1. The molecular weight excluding hydrogens is 309 g/mol. The van der Waals surface area contributed by atoms with Crippen molar-refractivity contribution in [3.63, 3.8) is 0 Å². The third-order valence-corrected chi connectivity index (χ3v) is 2.86. The number of carbonyl (C=O) groups excluding carboxylic acids is 1. The molecule has 0 aliphatic rings. The molecular formula is C11H8N3NaO5S. The van der Waals surface area contributed by atoms with Crippen LogP contribution in [0.25, 0.3) is 0 Å². The first-order valence-electron chi connectivity index (χ1n) is 5.26. The summed E-state index contributed by atoms with van der Waals surface area (Å²) >= 11 is 0. The zero-order valence-electron chi connectivity index (χ0n) is 10.9. The topological polar surface area (TPSA) is 125 Å². The van der Waals surface area contributed by atoms with Crippen LogP contribution in [0.1, 0.15) is 16.1 Å². The van der Waals surface area contributed by atoms with Gasteiger partial charge in [-0.2, -0.15) is 5.10 Å². The number of rotatable bonds is 4. The number of nitrogens with zero attached hydrogens (tertiary/aromatic N) is 2. The van der Waals surface area contributed by atoms with E-state index in [1.54, 1.807) is 0 Å². The summed E-state index contributed by atoms with van der Waals surface area (Å²) < 4.78 is 36.7. The number of hydrogen-bond acceptors (Lipinski definition) is 7. The van der Waals surface area contributed by atoms with E-state index >= 15 is 0 Å². The zero-order chi connectivity index (χ0) is 14.6. The molecule has 0 bridgehead atoms. The van der Waals surface area contributed by atoms with E-state index in [-0.39, 0.29) is 35.3 Å². The monoisotopic (exact) mass is 317 g/mol. The van der Waals surface area contributed by atoms with Gasteiger partial charge in [0, 0.05) is 18.0 Å². The Morgan fingerprint density at radius 2 is 1.95 bits per heavy atom. The first kappa shape index (κ1) is 17.5. The minimum absolute atomic E-state index is 0. The number of nitrogens with one attached hydrogen (secondary N) is 1. The maximum atomic E-state index is 11.6. The van der Waals surface area contributed by atoms with E-state index in [9.17, 15) is 17.8 Å². The smallest absolute Gasteiger partial charge is 0.742 e. The largest absolute Gasteiger partial charge is 1.00 e. The van der Waals surface area contributed by atoms with Gasteiger partial charge < -0.3 is 8.97 Å². The van der Waals surface area contributed by atoms with Crippen LogP contribution in [0.2, 0.25) is 0 Å². The first-order chi connectivity index (χ1) is 9.47. The molecule has 0 saturated carbocycles. The van der Waals surface area contributed by atoms with Crippen molar-refractivity contribution in [2.45, 2.75) is 5.09 Å². The molecule has 21 heavy (non-hydrogen) atoms. The molecule has 0 unspecified atom stereocenters. The average Bonchev–Trinajstić information content (AvgIpc) is 2.88. The van der Waals surface area contributed by atoms with Crippen molar-refractivity contribution >= 4 is 22.2 Å². The number of pyridine rings is 1. The fourth-order valence-electron chi connectivity index (χ4n) is 1.26. The Labute approximate surface area is 142 Å². The summed E-state index contributed by atoms with van der Waals surface area (Å²) in [5.41, 5.74) is 2.57. The minimum atomic E-state index is -4.64. The van der Waals surface area contributed by atoms with Crippen LogP contribution in [0, 0.1) is 0 Å². The minimum Gasteiger partial charge on any atom is -0.742 e. The van der Waals surface area contributed by atoms with Crippen molar-refractivity contribution in [2.75, 3.05) is 0 Å². The summed E-state index contributed by atoms with van der Waals surface area (Å²) in [5, 5.41) is 2.87. The van der Waals surface area contributed by atoms with E-state index in [0.717, 1.165) is 12.3 Å². The van der Waals surface area contributed by atoms with Crippen LogP contribution in [-0.2, 0) is 10.1 Å². The van der Waals surface area contributed by atoms with E-state index in [2.05, 4.69) is 15.5 Å². The van der Waals surface area contributed by atoms with E-state index in [1.165, 1.54) is 30.6 Å². The second-order valence-electron chi connectivity index (χ2n) is 3.55. The fraction of sp³-hybridized carbons (Fsp3) is 0. The SMILES string of the molecule is O=C(N/N=C/c1ccc(S(=O)(=O)[O-])o1)c1ccncc1.[Na+]. The Morgan fingerprint density at radius 3 is 2.52 bits per heavy atom. The van der Waals surface area contributed by atoms with Crippen molar-refractivity contribution in [2.24, 2.45) is 5.10 Å². The maximum absolute atomic E-state index is 11.6. The van der Waals surface area contributed by atoms with Crippen molar-refractivity contribution in [3.05, 3.63) is 48.0 Å². The second-order valence-corrected chi connectivity index (χ2v) is 4.86. The zero-order valence-corrected chi connectivity index (χ0v) is 13.7. The molecule has 8 nitrogen and oxygen atoms in total. The summed E-state index contributed by atoms with van der Waals surface area (Å²) in [4.78, 5) is 15.3. The number of furan rings is 1. The molecule has 2 aromatic rings. The van der Waals surface area contributed by atoms with Crippen LogP contribution in [0.4, 0.5) is 0 Å². The van der Waals surface area contributed by atoms with Crippen LogP contribution >= 0.6 is 0 Å². The maximum Gasteiger partial charge on any atom is 1.00 e. The summed E-state index contributed by atoms with van der Waals surface area (Å²) in [6.07, 6.45) is 3.99. The van der Waals surface area contributed by atoms with E-state index in [4.69, 9.17) is 4.42 Å². The normalized spacial score (nSPS) is 11.1. The molecule has 0 aliphatic heterocycles. The van der Waals surface area contributed by atoms with Gasteiger partial charge in [-0.3, -0.25) is 9.78 Å². The molecule has 0 fully saturated rings. The van der Waals surface area contributed by atoms with Crippen molar-refractivity contribution < 1.29 is 51.7 Å². The van der Waals surface area contributed by atoms with Gasteiger partial charge >= 0.3 is 29.6 Å². The van der Waals surface area contributed by atoms with Gasteiger partial charge in [0.15, 0.2) is 10.1 Å². The van der Waals surface area contributed by atoms with Crippen molar-refractivity contribution in [1.29, 1.82) is 0 Å². The van der Waals surface area contributed by atoms with Crippen LogP contribution in [0.15, 0.2) is 51.3 Å². The Balaban J connectivity index is 0.00000220. The van der Waals surface area contributed by atoms with E-state index in [1.807, 2.05) is 0 Å². The number of amides is 1. The summed E-state index contributed by atoms with van der Waals surface area (Å²) in [5.74, 6) is -0.443. The molecule has 1 amide bonds. The number of carbonyl (C=O) groups is 1. The van der Waals surface area contributed by atoms with Gasteiger partial charge in [-0.1, -0.05) is 0 Å². The molecule has 0 spiro atoms. The van der Waals surface area contributed by atoms with Crippen LogP contribution < -0.4 is 35.0 Å². The van der Waals surface area contributed by atoms with Gasteiger partial charge in [-0.25, -0.2) is 13.8 Å². The van der Waals surface area contributed by atoms with Crippen molar-refractivity contribution in [1.82, 2.24) is 10.4 Å². The predicted octanol–water partition coefficient (Wildman–Crippen LogP) is -2.65. The van der Waals surface area contributed by atoms with E-state index < -0.39 is 21.1 Å². The third-order valence-electron chi connectivity index (χ3n) is 2.15. The van der Waals surface area contributed by atoms with Crippen molar-refractivity contribution in [3.8, 4) is 0 Å². The molecule has 0 saturated heterocycles. The summed E-state index contributed by atoms with van der Waals surface area (Å²) in [6.45, 7) is 0. The molecule has 2 rings (SSSR count). The quantitative estimate of drug-likeness (QED) is 0.284. The van der Waals surface area contributed by atoms with Gasteiger partial charge in [0.2, 0.25) is 5.09 Å². The van der Waals surface area contributed by atoms with E-state index in [0.29, 0.717) is 5.56 Å². The number of aromatic nitrogens is 1. The molecule has 104 valence electrons. The van der Waals surface area contributed by atoms with Gasteiger partial charge in [-0.05, 0) is 24.3 Å². The van der Waals surface area contributed by atoms with Gasteiger partial charge in [0.05, 0.1) is 6.21 Å². The van der Waals surface area contributed by atoms with Crippen LogP contribution in [-0.4, -0.2) is 30.1 Å². The fourth-order valence-corrected chi connectivity index (χ4v) is 1.69. The third kappa shape index (κ3) is 5.06. The molecule has 2 heterocycles. The molecule has 0 radical (unpaired) electrons. The Kier molecular flexibility index (Phi) is 6.24. The molecule has 2 aromatic heterocycles.